The molecule has 3 rings (SSSR count). The van der Waals surface area contributed by atoms with E-state index in [4.69, 9.17) is 10.5 Å². The van der Waals surface area contributed by atoms with Gasteiger partial charge in [0.2, 0.25) is 0 Å². The summed E-state index contributed by atoms with van der Waals surface area (Å²) in [5, 5.41) is 0.822. The largest absolute Gasteiger partial charge is 0.497 e. The molecule has 0 radical (unpaired) electrons. The summed E-state index contributed by atoms with van der Waals surface area (Å²) in [6.07, 6.45) is 0. The van der Waals surface area contributed by atoms with Crippen molar-refractivity contribution in [3.8, 4) is 17.0 Å². The third kappa shape index (κ3) is 2.43. The monoisotopic (exact) mass is 278 g/mol. The van der Waals surface area contributed by atoms with Crippen molar-refractivity contribution >= 4 is 16.8 Å². The second kappa shape index (κ2) is 5.25. The van der Waals surface area contributed by atoms with E-state index in [9.17, 15) is 4.79 Å². The molecular formula is C17H14N2O2. The second-order valence-corrected chi connectivity index (χ2v) is 4.67. The molecule has 0 saturated carbocycles. The number of pyridine rings is 1. The average Bonchev–Trinajstić information content (AvgIpc) is 2.54. The maximum absolute atomic E-state index is 11.7. The molecule has 0 spiro atoms. The number of methoxy groups -OCH3 is 1. The topological polar surface area (TPSA) is 65.2 Å². The maximum atomic E-state index is 11.7. The summed E-state index contributed by atoms with van der Waals surface area (Å²) in [6, 6.07) is 17.1. The SMILES string of the molecule is COc1cc(C(N)=O)c2nc(-c3ccccc3)ccc2c1. The number of amides is 1. The molecule has 0 aliphatic heterocycles. The normalized spacial score (nSPS) is 10.5. The van der Waals surface area contributed by atoms with Gasteiger partial charge in [0.05, 0.1) is 23.9 Å². The van der Waals surface area contributed by atoms with Gasteiger partial charge >= 0.3 is 0 Å². The van der Waals surface area contributed by atoms with Gasteiger partial charge < -0.3 is 10.5 Å². The van der Waals surface area contributed by atoms with E-state index in [1.165, 1.54) is 0 Å². The summed E-state index contributed by atoms with van der Waals surface area (Å²) < 4.78 is 5.19. The summed E-state index contributed by atoms with van der Waals surface area (Å²) >= 11 is 0. The van der Waals surface area contributed by atoms with Crippen LogP contribution in [0.2, 0.25) is 0 Å². The predicted molar refractivity (Wildman–Crippen MR) is 82.2 cm³/mol. The van der Waals surface area contributed by atoms with Gasteiger partial charge in [-0.1, -0.05) is 36.4 Å². The van der Waals surface area contributed by atoms with Gasteiger partial charge in [0.25, 0.3) is 5.91 Å². The standard InChI is InChI=1S/C17H14N2O2/c1-21-13-9-12-7-8-15(11-5-3-2-4-6-11)19-16(12)14(10-13)17(18)20/h2-10H,1H3,(H2,18,20). The molecule has 0 unspecified atom stereocenters. The van der Waals surface area contributed by atoms with Crippen molar-refractivity contribution in [1.82, 2.24) is 4.98 Å². The van der Waals surface area contributed by atoms with Gasteiger partial charge in [-0.15, -0.1) is 0 Å². The van der Waals surface area contributed by atoms with Gasteiger partial charge in [-0.2, -0.15) is 0 Å². The van der Waals surface area contributed by atoms with Crippen molar-refractivity contribution in [3.63, 3.8) is 0 Å². The van der Waals surface area contributed by atoms with E-state index in [1.54, 1.807) is 13.2 Å². The Morgan fingerprint density at radius 2 is 1.86 bits per heavy atom. The van der Waals surface area contributed by atoms with Gasteiger partial charge in [0, 0.05) is 10.9 Å². The number of hydrogen-bond donors (Lipinski definition) is 1. The zero-order chi connectivity index (χ0) is 14.8. The van der Waals surface area contributed by atoms with Crippen LogP contribution in [0.1, 0.15) is 10.4 Å². The van der Waals surface area contributed by atoms with Crippen molar-refractivity contribution in [2.45, 2.75) is 0 Å². The number of nitrogens with zero attached hydrogens (tertiary/aromatic N) is 1. The first-order valence-corrected chi connectivity index (χ1v) is 6.53. The lowest BCUT2D eigenvalue weighted by Crippen LogP contribution is -2.12. The molecule has 0 aliphatic rings. The van der Waals surface area contributed by atoms with Gasteiger partial charge in [-0.05, 0) is 18.2 Å². The third-order valence-electron chi connectivity index (χ3n) is 3.34. The Labute approximate surface area is 122 Å². The Kier molecular flexibility index (Phi) is 3.28. The summed E-state index contributed by atoms with van der Waals surface area (Å²) in [5.74, 6) is 0.0715. The fourth-order valence-electron chi connectivity index (χ4n) is 2.28. The van der Waals surface area contributed by atoms with Crippen LogP contribution in [0, 0.1) is 0 Å². The minimum absolute atomic E-state index is 0.363. The van der Waals surface area contributed by atoms with E-state index in [-0.39, 0.29) is 0 Å². The Morgan fingerprint density at radius 3 is 2.52 bits per heavy atom. The van der Waals surface area contributed by atoms with Crippen molar-refractivity contribution in [2.24, 2.45) is 5.73 Å². The van der Waals surface area contributed by atoms with Crippen LogP contribution in [0.4, 0.5) is 0 Å². The van der Waals surface area contributed by atoms with Gasteiger partial charge in [-0.3, -0.25) is 4.79 Å². The van der Waals surface area contributed by atoms with Crippen molar-refractivity contribution in [1.29, 1.82) is 0 Å². The van der Waals surface area contributed by atoms with Gasteiger partial charge in [-0.25, -0.2) is 4.98 Å². The fourth-order valence-corrected chi connectivity index (χ4v) is 2.28. The Morgan fingerprint density at radius 1 is 1.10 bits per heavy atom. The zero-order valence-corrected chi connectivity index (χ0v) is 11.5. The number of primary amides is 1. The number of carbonyl (C=O) groups is 1. The molecule has 2 N–H and O–H groups in total. The van der Waals surface area contributed by atoms with E-state index in [1.807, 2.05) is 48.5 Å². The summed E-state index contributed by atoms with van der Waals surface area (Å²) in [6.45, 7) is 0. The minimum atomic E-state index is -0.517. The molecule has 1 amide bonds. The molecule has 0 atom stereocenters. The number of carbonyl (C=O) groups excluding carboxylic acids is 1. The molecule has 0 saturated heterocycles. The minimum Gasteiger partial charge on any atom is -0.497 e. The van der Waals surface area contributed by atoms with Crippen molar-refractivity contribution in [3.05, 3.63) is 60.2 Å². The van der Waals surface area contributed by atoms with Crippen LogP contribution in [0.15, 0.2) is 54.6 Å². The average molecular weight is 278 g/mol. The second-order valence-electron chi connectivity index (χ2n) is 4.67. The van der Waals surface area contributed by atoms with Crippen LogP contribution in [0.25, 0.3) is 22.2 Å². The van der Waals surface area contributed by atoms with Crippen LogP contribution in [-0.4, -0.2) is 18.0 Å². The van der Waals surface area contributed by atoms with Crippen molar-refractivity contribution in [2.75, 3.05) is 7.11 Å². The van der Waals surface area contributed by atoms with Crippen molar-refractivity contribution < 1.29 is 9.53 Å². The molecular weight excluding hydrogens is 264 g/mol. The molecule has 0 bridgehead atoms. The van der Waals surface area contributed by atoms with E-state index in [2.05, 4.69) is 4.98 Å². The molecule has 4 heteroatoms. The highest BCUT2D eigenvalue weighted by molar-refractivity contribution is 6.05. The predicted octanol–water partition coefficient (Wildman–Crippen LogP) is 3.01. The number of fused-ring (bicyclic) bond motifs is 1. The van der Waals surface area contributed by atoms with Crippen LogP contribution in [-0.2, 0) is 0 Å². The molecule has 0 aliphatic carbocycles. The molecule has 104 valence electrons. The number of hydrogen-bond acceptors (Lipinski definition) is 3. The molecule has 1 heterocycles. The molecule has 21 heavy (non-hydrogen) atoms. The lowest BCUT2D eigenvalue weighted by Gasteiger charge is -2.08. The van der Waals surface area contributed by atoms with E-state index in [0.717, 1.165) is 16.6 Å². The van der Waals surface area contributed by atoms with Crippen LogP contribution >= 0.6 is 0 Å². The molecule has 1 aromatic heterocycles. The Balaban J connectivity index is 2.25. The van der Waals surface area contributed by atoms with E-state index in [0.29, 0.717) is 16.8 Å². The molecule has 0 fully saturated rings. The number of aromatic nitrogens is 1. The van der Waals surface area contributed by atoms with E-state index < -0.39 is 5.91 Å². The summed E-state index contributed by atoms with van der Waals surface area (Å²) in [5.41, 5.74) is 8.20. The number of benzene rings is 2. The Bertz CT molecular complexity index is 814. The van der Waals surface area contributed by atoms with Crippen LogP contribution < -0.4 is 10.5 Å². The lowest BCUT2D eigenvalue weighted by atomic mass is 10.1. The van der Waals surface area contributed by atoms with Crippen LogP contribution in [0.5, 0.6) is 5.75 Å². The highest BCUT2D eigenvalue weighted by Crippen LogP contribution is 2.27. The smallest absolute Gasteiger partial charge is 0.251 e. The highest BCUT2D eigenvalue weighted by atomic mass is 16.5. The first kappa shape index (κ1) is 13.1. The fraction of sp³-hybridized carbons (Fsp3) is 0.0588. The summed E-state index contributed by atoms with van der Waals surface area (Å²) in [4.78, 5) is 16.2. The maximum Gasteiger partial charge on any atom is 0.251 e. The quantitative estimate of drug-likeness (QED) is 0.801. The number of rotatable bonds is 3. The number of nitrogens with two attached hydrogens (primary N) is 1. The van der Waals surface area contributed by atoms with Crippen LogP contribution in [0.3, 0.4) is 0 Å². The van der Waals surface area contributed by atoms with Gasteiger partial charge in [0.15, 0.2) is 0 Å². The third-order valence-corrected chi connectivity index (χ3v) is 3.34. The molecule has 3 aromatic rings. The molecule has 4 nitrogen and oxygen atoms in total. The number of ether oxygens (including phenoxy) is 1. The first-order chi connectivity index (χ1) is 10.2. The first-order valence-electron chi connectivity index (χ1n) is 6.53. The Hall–Kier alpha value is -2.88. The zero-order valence-electron chi connectivity index (χ0n) is 11.5. The summed E-state index contributed by atoms with van der Waals surface area (Å²) in [7, 11) is 1.55. The lowest BCUT2D eigenvalue weighted by molar-refractivity contribution is 0.100. The van der Waals surface area contributed by atoms with E-state index >= 15 is 0 Å². The molecule has 2 aromatic carbocycles. The highest BCUT2D eigenvalue weighted by Gasteiger charge is 2.12. The van der Waals surface area contributed by atoms with Gasteiger partial charge in [0.1, 0.15) is 5.75 Å².